The molecule has 0 unspecified atom stereocenters. The van der Waals surface area contributed by atoms with Gasteiger partial charge in [0.05, 0.1) is 12.6 Å². The molecule has 4 aromatic rings. The number of nitrogens with zero attached hydrogens (tertiary/aromatic N) is 4. The monoisotopic (exact) mass is 427 g/mol. The van der Waals surface area contributed by atoms with Crippen molar-refractivity contribution in [1.29, 1.82) is 0 Å². The van der Waals surface area contributed by atoms with Gasteiger partial charge in [-0.05, 0) is 30.7 Å². The van der Waals surface area contributed by atoms with Gasteiger partial charge in [-0.3, -0.25) is 4.57 Å². The standard InChI is InChI=1S/C20H21N5O4S/c1-27-14-6-4-7-15(12-14)28-13-18-22-23-19(25(18)21)30-11-5-10-24-16-8-2-3-9-17(16)29-20(24)26/h2-4,6-9,12H,5,10-11,13,21H2,1H3. The van der Waals surface area contributed by atoms with Crippen LogP contribution < -0.4 is 21.1 Å². The summed E-state index contributed by atoms with van der Waals surface area (Å²) in [4.78, 5) is 12.0. The Morgan fingerprint density at radius 3 is 2.83 bits per heavy atom. The maximum Gasteiger partial charge on any atom is 0.419 e. The summed E-state index contributed by atoms with van der Waals surface area (Å²) in [5.74, 6) is 8.35. The number of rotatable bonds is 9. The van der Waals surface area contributed by atoms with Gasteiger partial charge < -0.3 is 19.7 Å². The molecule has 156 valence electrons. The van der Waals surface area contributed by atoms with Gasteiger partial charge in [-0.15, -0.1) is 10.2 Å². The van der Waals surface area contributed by atoms with Gasteiger partial charge >= 0.3 is 5.76 Å². The van der Waals surface area contributed by atoms with Crippen LogP contribution in [0.4, 0.5) is 0 Å². The topological polar surface area (TPSA) is 110 Å². The molecule has 10 heteroatoms. The molecule has 0 aliphatic carbocycles. The highest BCUT2D eigenvalue weighted by Gasteiger charge is 2.12. The molecule has 0 aliphatic rings. The minimum Gasteiger partial charge on any atom is -0.497 e. The zero-order valence-electron chi connectivity index (χ0n) is 16.4. The van der Waals surface area contributed by atoms with Crippen LogP contribution in [0.2, 0.25) is 0 Å². The molecule has 4 rings (SSSR count). The molecule has 2 aromatic carbocycles. The van der Waals surface area contributed by atoms with E-state index in [9.17, 15) is 4.79 Å². The van der Waals surface area contributed by atoms with Gasteiger partial charge in [0.2, 0.25) is 5.16 Å². The van der Waals surface area contributed by atoms with Gasteiger partial charge in [0.15, 0.2) is 11.4 Å². The third kappa shape index (κ3) is 4.28. The summed E-state index contributed by atoms with van der Waals surface area (Å²) >= 11 is 1.47. The van der Waals surface area contributed by atoms with E-state index in [1.165, 1.54) is 16.4 Å². The lowest BCUT2D eigenvalue weighted by molar-refractivity contribution is 0.289. The molecule has 0 aliphatic heterocycles. The van der Waals surface area contributed by atoms with Crippen LogP contribution >= 0.6 is 11.8 Å². The average molecular weight is 427 g/mol. The van der Waals surface area contributed by atoms with Gasteiger partial charge in [-0.2, -0.15) is 0 Å². The van der Waals surface area contributed by atoms with Crippen molar-refractivity contribution >= 4 is 22.9 Å². The average Bonchev–Trinajstić information content (AvgIpc) is 3.28. The predicted molar refractivity (Wildman–Crippen MR) is 113 cm³/mol. The van der Waals surface area contributed by atoms with E-state index in [4.69, 9.17) is 19.7 Å². The molecule has 0 radical (unpaired) electrons. The first-order chi connectivity index (χ1) is 14.7. The summed E-state index contributed by atoms with van der Waals surface area (Å²) in [7, 11) is 1.60. The van der Waals surface area contributed by atoms with Crippen molar-refractivity contribution in [3.05, 3.63) is 64.9 Å². The number of fused-ring (bicyclic) bond motifs is 1. The summed E-state index contributed by atoms with van der Waals surface area (Å²) in [6, 6.07) is 14.7. The van der Waals surface area contributed by atoms with Crippen molar-refractivity contribution in [3.8, 4) is 11.5 Å². The first-order valence-electron chi connectivity index (χ1n) is 9.33. The molecule has 0 atom stereocenters. The highest BCUT2D eigenvalue weighted by atomic mass is 32.2. The molecule has 0 amide bonds. The summed E-state index contributed by atoms with van der Waals surface area (Å²) in [5.41, 5.74) is 1.39. The zero-order valence-corrected chi connectivity index (χ0v) is 17.2. The summed E-state index contributed by atoms with van der Waals surface area (Å²) in [6.45, 7) is 0.737. The molecule has 2 aromatic heterocycles. The van der Waals surface area contributed by atoms with E-state index in [2.05, 4.69) is 10.2 Å². The molecule has 0 saturated heterocycles. The van der Waals surface area contributed by atoms with Crippen molar-refractivity contribution in [3.63, 3.8) is 0 Å². The van der Waals surface area contributed by atoms with E-state index in [1.807, 2.05) is 36.4 Å². The number of methoxy groups -OCH3 is 1. The van der Waals surface area contributed by atoms with Gasteiger partial charge in [-0.1, -0.05) is 30.0 Å². The Morgan fingerprint density at radius 2 is 1.97 bits per heavy atom. The second-order valence-electron chi connectivity index (χ2n) is 6.43. The predicted octanol–water partition coefficient (Wildman–Crippen LogP) is 2.67. The van der Waals surface area contributed by atoms with Gasteiger partial charge in [0, 0.05) is 18.4 Å². The third-order valence-corrected chi connectivity index (χ3v) is 5.50. The number of oxazole rings is 1. The van der Waals surface area contributed by atoms with E-state index < -0.39 is 0 Å². The number of aryl methyl sites for hydroxylation is 1. The minimum absolute atomic E-state index is 0.188. The zero-order chi connectivity index (χ0) is 20.9. The second-order valence-corrected chi connectivity index (χ2v) is 7.49. The van der Waals surface area contributed by atoms with E-state index >= 15 is 0 Å². The lowest BCUT2D eigenvalue weighted by Crippen LogP contribution is -2.16. The van der Waals surface area contributed by atoms with Crippen LogP contribution in [0.15, 0.2) is 62.9 Å². The lowest BCUT2D eigenvalue weighted by atomic mass is 10.3. The number of thioether (sulfide) groups is 1. The van der Waals surface area contributed by atoms with Crippen molar-refractivity contribution < 1.29 is 13.9 Å². The summed E-state index contributed by atoms with van der Waals surface area (Å²) in [6.07, 6.45) is 0.747. The van der Waals surface area contributed by atoms with E-state index in [0.29, 0.717) is 34.6 Å². The quantitative estimate of drug-likeness (QED) is 0.247. The Balaban J connectivity index is 1.31. The molecule has 30 heavy (non-hydrogen) atoms. The maximum absolute atomic E-state index is 12.0. The fourth-order valence-electron chi connectivity index (χ4n) is 2.95. The number of hydrogen-bond donors (Lipinski definition) is 1. The van der Waals surface area contributed by atoms with Crippen LogP contribution in [-0.4, -0.2) is 32.3 Å². The van der Waals surface area contributed by atoms with Gasteiger partial charge in [0.25, 0.3) is 0 Å². The fraction of sp³-hybridized carbons (Fsp3) is 0.250. The number of benzene rings is 2. The van der Waals surface area contributed by atoms with Crippen molar-refractivity contribution in [2.75, 3.05) is 18.7 Å². The largest absolute Gasteiger partial charge is 0.497 e. The Morgan fingerprint density at radius 1 is 1.13 bits per heavy atom. The SMILES string of the molecule is COc1cccc(OCc2nnc(SCCCn3c(=O)oc4ccccc43)n2N)c1. The highest BCUT2D eigenvalue weighted by Crippen LogP contribution is 2.21. The first kappa shape index (κ1) is 19.9. The number of hydrogen-bond acceptors (Lipinski definition) is 8. The lowest BCUT2D eigenvalue weighted by Gasteiger charge is -2.07. The Kier molecular flexibility index (Phi) is 5.94. The summed E-state index contributed by atoms with van der Waals surface area (Å²) in [5, 5.41) is 8.81. The molecule has 0 bridgehead atoms. The maximum atomic E-state index is 12.0. The number of nitrogens with two attached hydrogens (primary N) is 1. The molecule has 0 spiro atoms. The molecular weight excluding hydrogens is 406 g/mol. The second kappa shape index (κ2) is 8.95. The number of para-hydroxylation sites is 2. The molecular formula is C20H21N5O4S. The van der Waals surface area contributed by atoms with Gasteiger partial charge in [-0.25, -0.2) is 9.47 Å². The van der Waals surface area contributed by atoms with Crippen LogP contribution in [0, 0.1) is 0 Å². The molecule has 0 fully saturated rings. The van der Waals surface area contributed by atoms with Gasteiger partial charge in [0.1, 0.15) is 18.1 Å². The smallest absolute Gasteiger partial charge is 0.419 e. The summed E-state index contributed by atoms with van der Waals surface area (Å²) < 4.78 is 19.2. The van der Waals surface area contributed by atoms with Crippen LogP contribution in [0.1, 0.15) is 12.2 Å². The normalized spacial score (nSPS) is 11.1. The molecule has 0 saturated carbocycles. The van der Waals surface area contributed by atoms with Crippen LogP contribution in [0.3, 0.4) is 0 Å². The third-order valence-electron chi connectivity index (χ3n) is 4.48. The molecule has 2 N–H and O–H groups in total. The van der Waals surface area contributed by atoms with Crippen LogP contribution in [0.25, 0.3) is 11.1 Å². The van der Waals surface area contributed by atoms with E-state index in [0.717, 1.165) is 17.7 Å². The number of ether oxygens (including phenoxy) is 2. The Hall–Kier alpha value is -3.40. The fourth-order valence-corrected chi connectivity index (χ4v) is 3.75. The van der Waals surface area contributed by atoms with Crippen molar-refractivity contribution in [2.24, 2.45) is 0 Å². The minimum atomic E-state index is -0.347. The van der Waals surface area contributed by atoms with Crippen molar-refractivity contribution in [1.82, 2.24) is 19.4 Å². The first-order valence-corrected chi connectivity index (χ1v) is 10.3. The van der Waals surface area contributed by atoms with Crippen LogP contribution in [-0.2, 0) is 13.2 Å². The van der Waals surface area contributed by atoms with E-state index in [-0.39, 0.29) is 12.4 Å². The van der Waals surface area contributed by atoms with E-state index in [1.54, 1.807) is 23.8 Å². The van der Waals surface area contributed by atoms with Crippen LogP contribution in [0.5, 0.6) is 11.5 Å². The Bertz CT molecular complexity index is 1200. The molecule has 2 heterocycles. The Labute approximate surface area is 176 Å². The van der Waals surface area contributed by atoms with Crippen molar-refractivity contribution in [2.45, 2.75) is 24.7 Å². The molecule has 9 nitrogen and oxygen atoms in total. The highest BCUT2D eigenvalue weighted by molar-refractivity contribution is 7.99. The number of aromatic nitrogens is 4. The number of nitrogen functional groups attached to an aromatic ring is 1.